The maximum Gasteiger partial charge on any atom is 0.236 e. The summed E-state index contributed by atoms with van der Waals surface area (Å²) >= 11 is 0. The molecule has 0 spiro atoms. The first kappa shape index (κ1) is 13.5. The molecule has 1 saturated carbocycles. The van der Waals surface area contributed by atoms with Crippen molar-refractivity contribution >= 4 is 5.91 Å². The minimum Gasteiger partial charge on any atom is -0.355 e. The summed E-state index contributed by atoms with van der Waals surface area (Å²) in [5.41, 5.74) is 0. The van der Waals surface area contributed by atoms with Gasteiger partial charge in [0.25, 0.3) is 0 Å². The van der Waals surface area contributed by atoms with Gasteiger partial charge in [0.2, 0.25) is 5.91 Å². The second-order valence-corrected chi connectivity index (χ2v) is 5.16. The van der Waals surface area contributed by atoms with Crippen LogP contribution in [0.2, 0.25) is 0 Å². The van der Waals surface area contributed by atoms with Crippen molar-refractivity contribution in [3.8, 4) is 0 Å². The van der Waals surface area contributed by atoms with Gasteiger partial charge in [-0.3, -0.25) is 4.79 Å². The van der Waals surface area contributed by atoms with E-state index in [2.05, 4.69) is 17.6 Å². The van der Waals surface area contributed by atoms with Crippen molar-refractivity contribution in [3.05, 3.63) is 0 Å². The fourth-order valence-electron chi connectivity index (χ4n) is 2.51. The van der Waals surface area contributed by atoms with Gasteiger partial charge in [0, 0.05) is 6.54 Å². The molecular formula is C13H26N2O. The van der Waals surface area contributed by atoms with Gasteiger partial charge in [-0.15, -0.1) is 0 Å². The molecule has 0 bridgehead atoms. The molecule has 3 unspecified atom stereocenters. The summed E-state index contributed by atoms with van der Waals surface area (Å²) in [5, 5.41) is 6.19. The van der Waals surface area contributed by atoms with Crippen LogP contribution in [0.5, 0.6) is 0 Å². The van der Waals surface area contributed by atoms with E-state index in [0.717, 1.165) is 18.4 Å². The number of nitrogens with one attached hydrogen (secondary N) is 2. The lowest BCUT2D eigenvalue weighted by Gasteiger charge is -2.27. The van der Waals surface area contributed by atoms with Crippen molar-refractivity contribution in [2.24, 2.45) is 11.8 Å². The number of rotatable bonds is 5. The third kappa shape index (κ3) is 4.52. The Morgan fingerprint density at radius 1 is 1.44 bits per heavy atom. The summed E-state index contributed by atoms with van der Waals surface area (Å²) in [7, 11) is 0. The summed E-state index contributed by atoms with van der Waals surface area (Å²) in [6.07, 6.45) is 5.36. The summed E-state index contributed by atoms with van der Waals surface area (Å²) < 4.78 is 0. The number of hydrogen-bond donors (Lipinski definition) is 2. The molecule has 0 radical (unpaired) electrons. The number of hydrogen-bond acceptors (Lipinski definition) is 2. The van der Waals surface area contributed by atoms with Crippen LogP contribution in [-0.2, 0) is 4.79 Å². The molecule has 2 N–H and O–H groups in total. The van der Waals surface area contributed by atoms with Crippen molar-refractivity contribution in [2.75, 3.05) is 13.1 Å². The molecule has 1 aliphatic rings. The van der Waals surface area contributed by atoms with Crippen LogP contribution in [0.4, 0.5) is 0 Å². The van der Waals surface area contributed by atoms with Crippen LogP contribution >= 0.6 is 0 Å². The second kappa shape index (κ2) is 6.89. The molecule has 0 aromatic rings. The monoisotopic (exact) mass is 226 g/mol. The van der Waals surface area contributed by atoms with Crippen LogP contribution in [0.25, 0.3) is 0 Å². The van der Waals surface area contributed by atoms with Gasteiger partial charge in [0.15, 0.2) is 0 Å². The molecule has 3 heteroatoms. The van der Waals surface area contributed by atoms with Gasteiger partial charge in [0.1, 0.15) is 0 Å². The predicted octanol–water partition coefficient (Wildman–Crippen LogP) is 1.93. The predicted molar refractivity (Wildman–Crippen MR) is 67.3 cm³/mol. The van der Waals surface area contributed by atoms with E-state index < -0.39 is 0 Å². The largest absolute Gasteiger partial charge is 0.355 e. The lowest BCUT2D eigenvalue weighted by Crippen LogP contribution is -2.44. The third-order valence-corrected chi connectivity index (χ3v) is 3.50. The fourth-order valence-corrected chi connectivity index (χ4v) is 2.51. The summed E-state index contributed by atoms with van der Waals surface area (Å²) in [6, 6.07) is -0.0582. The lowest BCUT2D eigenvalue weighted by atomic mass is 9.82. The minimum atomic E-state index is -0.0582. The number of carbonyl (C=O) groups excluding carboxylic acids is 1. The molecule has 94 valence electrons. The Morgan fingerprint density at radius 2 is 2.19 bits per heavy atom. The lowest BCUT2D eigenvalue weighted by molar-refractivity contribution is -0.122. The van der Waals surface area contributed by atoms with Gasteiger partial charge >= 0.3 is 0 Å². The Kier molecular flexibility index (Phi) is 5.81. The quantitative estimate of drug-likeness (QED) is 0.752. The van der Waals surface area contributed by atoms with Crippen LogP contribution in [0.1, 0.15) is 46.5 Å². The van der Waals surface area contributed by atoms with E-state index in [1.165, 1.54) is 25.7 Å². The molecule has 1 rings (SSSR count). The maximum absolute atomic E-state index is 11.5. The first-order valence-electron chi connectivity index (χ1n) is 6.64. The molecule has 0 saturated heterocycles. The Morgan fingerprint density at radius 3 is 2.81 bits per heavy atom. The number of amides is 1. The molecule has 3 atom stereocenters. The van der Waals surface area contributed by atoms with E-state index >= 15 is 0 Å². The van der Waals surface area contributed by atoms with E-state index in [4.69, 9.17) is 0 Å². The topological polar surface area (TPSA) is 41.1 Å². The molecule has 1 fully saturated rings. The van der Waals surface area contributed by atoms with Crippen LogP contribution < -0.4 is 10.6 Å². The molecule has 3 nitrogen and oxygen atoms in total. The summed E-state index contributed by atoms with van der Waals surface area (Å²) in [6.45, 7) is 7.93. The van der Waals surface area contributed by atoms with E-state index in [9.17, 15) is 4.79 Å². The molecule has 0 aromatic carbocycles. The average Bonchev–Trinajstić information content (AvgIpc) is 2.26. The van der Waals surface area contributed by atoms with E-state index in [1.807, 2.05) is 13.8 Å². The first-order valence-corrected chi connectivity index (χ1v) is 6.64. The smallest absolute Gasteiger partial charge is 0.236 e. The first-order chi connectivity index (χ1) is 7.63. The fraction of sp³-hybridized carbons (Fsp3) is 0.923. The Bertz CT molecular complexity index is 218. The SMILES string of the molecule is CCNC(=O)C(C)NCC1CCCC(C)C1. The van der Waals surface area contributed by atoms with Crippen LogP contribution in [0.15, 0.2) is 0 Å². The Balaban J connectivity index is 2.20. The van der Waals surface area contributed by atoms with Crippen molar-refractivity contribution in [1.29, 1.82) is 0 Å². The molecule has 16 heavy (non-hydrogen) atoms. The summed E-state index contributed by atoms with van der Waals surface area (Å²) in [5.74, 6) is 1.74. The second-order valence-electron chi connectivity index (χ2n) is 5.16. The van der Waals surface area contributed by atoms with Gasteiger partial charge in [-0.05, 0) is 45.1 Å². The van der Waals surface area contributed by atoms with Gasteiger partial charge in [-0.1, -0.05) is 19.8 Å². The average molecular weight is 226 g/mol. The molecular weight excluding hydrogens is 200 g/mol. The van der Waals surface area contributed by atoms with E-state index in [-0.39, 0.29) is 11.9 Å². The molecule has 0 aliphatic heterocycles. The zero-order valence-corrected chi connectivity index (χ0v) is 10.9. The van der Waals surface area contributed by atoms with Gasteiger partial charge in [-0.25, -0.2) is 0 Å². The molecule has 1 aliphatic carbocycles. The Labute approximate surface area is 99.4 Å². The normalized spacial score (nSPS) is 27.4. The Hall–Kier alpha value is -0.570. The van der Waals surface area contributed by atoms with Gasteiger partial charge < -0.3 is 10.6 Å². The standard InChI is InChI=1S/C13H26N2O/c1-4-14-13(16)11(3)15-9-12-7-5-6-10(2)8-12/h10-12,15H,4-9H2,1-3H3,(H,14,16). The number of likely N-dealkylation sites (N-methyl/N-ethyl adjacent to an activating group) is 1. The van der Waals surface area contributed by atoms with Crippen LogP contribution in [-0.4, -0.2) is 25.0 Å². The van der Waals surface area contributed by atoms with Crippen LogP contribution in [0, 0.1) is 11.8 Å². The highest BCUT2D eigenvalue weighted by Gasteiger charge is 2.20. The molecule has 0 heterocycles. The molecule has 1 amide bonds. The van der Waals surface area contributed by atoms with Crippen LogP contribution in [0.3, 0.4) is 0 Å². The zero-order chi connectivity index (χ0) is 12.0. The van der Waals surface area contributed by atoms with Crippen molar-refractivity contribution < 1.29 is 4.79 Å². The highest BCUT2D eigenvalue weighted by Crippen LogP contribution is 2.27. The highest BCUT2D eigenvalue weighted by atomic mass is 16.2. The van der Waals surface area contributed by atoms with Gasteiger partial charge in [-0.2, -0.15) is 0 Å². The van der Waals surface area contributed by atoms with E-state index in [0.29, 0.717) is 6.54 Å². The van der Waals surface area contributed by atoms with Crippen molar-refractivity contribution in [3.63, 3.8) is 0 Å². The minimum absolute atomic E-state index is 0.0582. The van der Waals surface area contributed by atoms with Crippen molar-refractivity contribution in [1.82, 2.24) is 10.6 Å². The number of carbonyl (C=O) groups is 1. The highest BCUT2D eigenvalue weighted by molar-refractivity contribution is 5.81. The van der Waals surface area contributed by atoms with Gasteiger partial charge in [0.05, 0.1) is 6.04 Å². The third-order valence-electron chi connectivity index (χ3n) is 3.50. The van der Waals surface area contributed by atoms with E-state index in [1.54, 1.807) is 0 Å². The molecule has 0 aromatic heterocycles. The summed E-state index contributed by atoms with van der Waals surface area (Å²) in [4.78, 5) is 11.5. The van der Waals surface area contributed by atoms with Crippen molar-refractivity contribution in [2.45, 2.75) is 52.5 Å². The maximum atomic E-state index is 11.5. The zero-order valence-electron chi connectivity index (χ0n) is 10.9.